The molecular weight excluding hydrogens is 240 g/mol. The molecule has 3 unspecified atom stereocenters. The van der Waals surface area contributed by atoms with Crippen LogP contribution in [0.3, 0.4) is 0 Å². The molecule has 3 heteroatoms. The molecule has 19 heavy (non-hydrogen) atoms. The Hall–Kier alpha value is -1.61. The third kappa shape index (κ3) is 4.21. The van der Waals surface area contributed by atoms with Crippen LogP contribution in [0.4, 0.5) is 0 Å². The van der Waals surface area contributed by atoms with E-state index in [1.807, 2.05) is 44.2 Å². The minimum absolute atomic E-state index is 0.0138. The predicted octanol–water partition coefficient (Wildman–Crippen LogP) is 3.05. The Labute approximate surface area is 114 Å². The number of rotatable bonds is 7. The van der Waals surface area contributed by atoms with Gasteiger partial charge in [0.15, 0.2) is 0 Å². The van der Waals surface area contributed by atoms with Gasteiger partial charge in [0.1, 0.15) is 6.10 Å². The highest BCUT2D eigenvalue weighted by molar-refractivity contribution is 5.81. The van der Waals surface area contributed by atoms with E-state index in [4.69, 9.17) is 4.74 Å². The van der Waals surface area contributed by atoms with Gasteiger partial charge >= 0.3 is 5.97 Å². The number of carbonyl (C=O) groups excluding carboxylic acids is 1. The Kier molecular flexibility index (Phi) is 6.30. The molecule has 1 aromatic rings. The standard InChI is InChI=1S/C16H22O3/c1-4-13(12-10-8-7-9-11-12)16(14(17)5-2)19-15(18)6-3/h6-11,13-14,16-17H,3-5H2,1-2H3. The van der Waals surface area contributed by atoms with Crippen LogP contribution in [0, 0.1) is 0 Å². The van der Waals surface area contributed by atoms with Crippen molar-refractivity contribution in [3.8, 4) is 0 Å². The summed E-state index contributed by atoms with van der Waals surface area (Å²) in [5.74, 6) is -0.507. The van der Waals surface area contributed by atoms with Crippen molar-refractivity contribution in [2.75, 3.05) is 0 Å². The average molecular weight is 262 g/mol. The van der Waals surface area contributed by atoms with Gasteiger partial charge in [-0.1, -0.05) is 50.8 Å². The van der Waals surface area contributed by atoms with Crippen LogP contribution in [-0.4, -0.2) is 23.3 Å². The van der Waals surface area contributed by atoms with Crippen molar-refractivity contribution in [2.24, 2.45) is 0 Å². The molecule has 0 saturated heterocycles. The fourth-order valence-corrected chi connectivity index (χ4v) is 2.20. The van der Waals surface area contributed by atoms with Crippen LogP contribution in [0.2, 0.25) is 0 Å². The number of ether oxygens (including phenoxy) is 1. The lowest BCUT2D eigenvalue weighted by Gasteiger charge is -2.29. The molecule has 0 heterocycles. The molecule has 3 atom stereocenters. The zero-order valence-corrected chi connectivity index (χ0v) is 11.6. The van der Waals surface area contributed by atoms with Gasteiger partial charge in [0, 0.05) is 12.0 Å². The highest BCUT2D eigenvalue weighted by Gasteiger charge is 2.30. The fraction of sp³-hybridized carbons (Fsp3) is 0.438. The van der Waals surface area contributed by atoms with Gasteiger partial charge in [-0.15, -0.1) is 0 Å². The maximum absolute atomic E-state index is 11.4. The smallest absolute Gasteiger partial charge is 0.330 e. The summed E-state index contributed by atoms with van der Waals surface area (Å²) in [6.07, 6.45) is 1.25. The topological polar surface area (TPSA) is 46.5 Å². The highest BCUT2D eigenvalue weighted by atomic mass is 16.6. The van der Waals surface area contributed by atoms with Crippen LogP contribution in [0.25, 0.3) is 0 Å². The number of carbonyl (C=O) groups is 1. The maximum Gasteiger partial charge on any atom is 0.330 e. The van der Waals surface area contributed by atoms with Gasteiger partial charge in [-0.05, 0) is 18.4 Å². The minimum Gasteiger partial charge on any atom is -0.456 e. The summed E-state index contributed by atoms with van der Waals surface area (Å²) in [6.45, 7) is 7.30. The van der Waals surface area contributed by atoms with Crippen molar-refractivity contribution in [2.45, 2.75) is 44.8 Å². The predicted molar refractivity (Wildman–Crippen MR) is 75.8 cm³/mol. The summed E-state index contributed by atoms with van der Waals surface area (Å²) >= 11 is 0. The van der Waals surface area contributed by atoms with E-state index >= 15 is 0 Å². The number of benzene rings is 1. The first-order valence-corrected chi connectivity index (χ1v) is 6.70. The molecule has 0 bridgehead atoms. The Morgan fingerprint density at radius 1 is 1.32 bits per heavy atom. The molecule has 104 valence electrons. The molecule has 1 N–H and O–H groups in total. The summed E-state index contributed by atoms with van der Waals surface area (Å²) in [6, 6.07) is 9.82. The molecular formula is C16H22O3. The molecule has 0 aliphatic rings. The lowest BCUT2D eigenvalue weighted by molar-refractivity contribution is -0.151. The molecule has 3 nitrogen and oxygen atoms in total. The Balaban J connectivity index is 2.99. The van der Waals surface area contributed by atoms with Gasteiger partial charge in [0.25, 0.3) is 0 Å². The largest absolute Gasteiger partial charge is 0.456 e. The van der Waals surface area contributed by atoms with Gasteiger partial charge < -0.3 is 9.84 Å². The van der Waals surface area contributed by atoms with Gasteiger partial charge in [0.2, 0.25) is 0 Å². The molecule has 0 saturated carbocycles. The number of esters is 1. The van der Waals surface area contributed by atoms with E-state index in [9.17, 15) is 9.90 Å². The van der Waals surface area contributed by atoms with Gasteiger partial charge in [-0.3, -0.25) is 0 Å². The third-order valence-corrected chi connectivity index (χ3v) is 3.28. The fourth-order valence-electron chi connectivity index (χ4n) is 2.20. The molecule has 0 radical (unpaired) electrons. The van der Waals surface area contributed by atoms with Crippen LogP contribution >= 0.6 is 0 Å². The van der Waals surface area contributed by atoms with Crippen molar-refractivity contribution >= 4 is 5.97 Å². The normalized spacial score (nSPS) is 15.3. The minimum atomic E-state index is -0.672. The second-order valence-electron chi connectivity index (χ2n) is 4.51. The highest BCUT2D eigenvalue weighted by Crippen LogP contribution is 2.28. The molecule has 0 aromatic heterocycles. The first-order chi connectivity index (χ1) is 9.13. The number of hydrogen-bond donors (Lipinski definition) is 1. The van der Waals surface area contributed by atoms with Crippen LogP contribution in [0.1, 0.15) is 38.2 Å². The van der Waals surface area contributed by atoms with E-state index in [2.05, 4.69) is 6.58 Å². The molecule has 0 spiro atoms. The quantitative estimate of drug-likeness (QED) is 0.607. The number of aliphatic hydroxyl groups excluding tert-OH is 1. The van der Waals surface area contributed by atoms with Crippen LogP contribution in [0.15, 0.2) is 43.0 Å². The third-order valence-electron chi connectivity index (χ3n) is 3.28. The number of aliphatic hydroxyl groups is 1. The van der Waals surface area contributed by atoms with Crippen LogP contribution < -0.4 is 0 Å². The average Bonchev–Trinajstić information content (AvgIpc) is 2.47. The van der Waals surface area contributed by atoms with E-state index in [1.54, 1.807) is 0 Å². The van der Waals surface area contributed by atoms with Gasteiger partial charge in [-0.2, -0.15) is 0 Å². The van der Waals surface area contributed by atoms with E-state index in [-0.39, 0.29) is 5.92 Å². The summed E-state index contributed by atoms with van der Waals surface area (Å²) in [7, 11) is 0. The second kappa shape index (κ2) is 7.74. The lowest BCUT2D eigenvalue weighted by atomic mass is 9.87. The Bertz CT molecular complexity index is 400. The molecule has 1 rings (SSSR count). The zero-order chi connectivity index (χ0) is 14.3. The summed E-state index contributed by atoms with van der Waals surface area (Å²) in [5, 5.41) is 10.1. The monoisotopic (exact) mass is 262 g/mol. The lowest BCUT2D eigenvalue weighted by Crippen LogP contribution is -2.36. The van der Waals surface area contributed by atoms with Crippen molar-refractivity contribution in [3.05, 3.63) is 48.6 Å². The Morgan fingerprint density at radius 3 is 2.42 bits per heavy atom. The Morgan fingerprint density at radius 2 is 1.95 bits per heavy atom. The van der Waals surface area contributed by atoms with Crippen molar-refractivity contribution in [3.63, 3.8) is 0 Å². The first kappa shape index (κ1) is 15.4. The number of hydrogen-bond acceptors (Lipinski definition) is 3. The molecule has 0 aliphatic carbocycles. The second-order valence-corrected chi connectivity index (χ2v) is 4.51. The van der Waals surface area contributed by atoms with Crippen LogP contribution in [0.5, 0.6) is 0 Å². The zero-order valence-electron chi connectivity index (χ0n) is 11.6. The van der Waals surface area contributed by atoms with E-state index in [0.29, 0.717) is 6.42 Å². The first-order valence-electron chi connectivity index (χ1n) is 6.70. The molecule has 0 amide bonds. The van der Waals surface area contributed by atoms with Gasteiger partial charge in [0.05, 0.1) is 6.10 Å². The molecule has 0 fully saturated rings. The summed E-state index contributed by atoms with van der Waals surface area (Å²) in [5.41, 5.74) is 1.07. The van der Waals surface area contributed by atoms with E-state index in [1.165, 1.54) is 0 Å². The van der Waals surface area contributed by atoms with E-state index < -0.39 is 18.2 Å². The van der Waals surface area contributed by atoms with Gasteiger partial charge in [-0.25, -0.2) is 4.79 Å². The van der Waals surface area contributed by atoms with E-state index in [0.717, 1.165) is 18.1 Å². The SMILES string of the molecule is C=CC(=O)OC(C(O)CC)C(CC)c1ccccc1. The summed E-state index contributed by atoms with van der Waals surface area (Å²) < 4.78 is 5.35. The summed E-state index contributed by atoms with van der Waals surface area (Å²) in [4.78, 5) is 11.4. The molecule has 0 aliphatic heterocycles. The molecule has 1 aromatic carbocycles. The van der Waals surface area contributed by atoms with Crippen molar-refractivity contribution in [1.82, 2.24) is 0 Å². The van der Waals surface area contributed by atoms with Crippen molar-refractivity contribution in [1.29, 1.82) is 0 Å². The van der Waals surface area contributed by atoms with Crippen LogP contribution in [-0.2, 0) is 9.53 Å². The maximum atomic E-state index is 11.4. The van der Waals surface area contributed by atoms with Crippen molar-refractivity contribution < 1.29 is 14.6 Å².